The molecule has 208 valence electrons. The average Bonchev–Trinajstić information content (AvgIpc) is 2.92. The van der Waals surface area contributed by atoms with Crippen LogP contribution in [0.25, 0.3) is 0 Å². The number of amides is 2. The van der Waals surface area contributed by atoms with Crippen LogP contribution in [0.1, 0.15) is 49.6 Å². The Balaban J connectivity index is 1.58. The second kappa shape index (κ2) is 10.9. The first-order valence-electron chi connectivity index (χ1n) is 12.7. The van der Waals surface area contributed by atoms with Crippen LogP contribution in [0.5, 0.6) is 5.75 Å². The van der Waals surface area contributed by atoms with Gasteiger partial charge < -0.3 is 24.3 Å². The standard InChI is InChI=1S/C29H27ClFN3O6/c1-33-16-29(11-17(12-29)15-39-2)34-14-20(26(36)32-13-19-9-6-10-21(30)22(19)31)24(35)25(23(34)27(33)37)40-28(38)18-7-4-3-5-8-18/h3-10,14,17H,11-13,15-16H2,1-2H3,(H,32,36)/t17-,29-. The number of methoxy groups -OCH3 is 1. The Bertz CT molecular complexity index is 1550. The minimum Gasteiger partial charge on any atom is -0.416 e. The molecule has 5 rings (SSSR count). The highest BCUT2D eigenvalue weighted by Crippen LogP contribution is 2.48. The van der Waals surface area contributed by atoms with Gasteiger partial charge in [-0.15, -0.1) is 0 Å². The number of fused-ring (bicyclic) bond motifs is 2. The number of likely N-dealkylation sites (N-methyl/N-ethyl adjacent to an activating group) is 1. The summed E-state index contributed by atoms with van der Waals surface area (Å²) >= 11 is 5.85. The molecule has 9 nitrogen and oxygen atoms in total. The van der Waals surface area contributed by atoms with Crippen LogP contribution in [0.2, 0.25) is 5.02 Å². The molecule has 0 atom stereocenters. The van der Waals surface area contributed by atoms with Crippen molar-refractivity contribution in [1.82, 2.24) is 14.8 Å². The minimum atomic E-state index is -0.925. The fourth-order valence-electron chi connectivity index (χ4n) is 5.57. The number of halogens is 2. The lowest BCUT2D eigenvalue weighted by Gasteiger charge is -2.54. The number of pyridine rings is 1. The number of carbonyl (C=O) groups excluding carboxylic acids is 3. The monoisotopic (exact) mass is 567 g/mol. The lowest BCUT2D eigenvalue weighted by molar-refractivity contribution is -0.0190. The number of aromatic nitrogens is 1. The smallest absolute Gasteiger partial charge is 0.343 e. The molecular formula is C29H27ClFN3O6. The predicted molar refractivity (Wildman–Crippen MR) is 144 cm³/mol. The lowest BCUT2D eigenvalue weighted by atomic mass is 9.67. The van der Waals surface area contributed by atoms with E-state index in [4.69, 9.17) is 21.1 Å². The van der Waals surface area contributed by atoms with E-state index in [1.165, 1.54) is 35.4 Å². The molecule has 40 heavy (non-hydrogen) atoms. The lowest BCUT2D eigenvalue weighted by Crippen LogP contribution is -2.60. The van der Waals surface area contributed by atoms with Crippen LogP contribution in [0.3, 0.4) is 0 Å². The molecule has 1 aliphatic heterocycles. The summed E-state index contributed by atoms with van der Waals surface area (Å²) in [5, 5.41) is 2.45. The van der Waals surface area contributed by atoms with Gasteiger partial charge in [-0.2, -0.15) is 0 Å². The second-order valence-corrected chi connectivity index (χ2v) is 10.6. The van der Waals surface area contributed by atoms with Gasteiger partial charge in [-0.25, -0.2) is 9.18 Å². The zero-order valence-electron chi connectivity index (χ0n) is 21.9. The summed E-state index contributed by atoms with van der Waals surface area (Å²) in [7, 11) is 3.23. The molecule has 1 aliphatic carbocycles. The number of carbonyl (C=O) groups is 3. The molecule has 1 fully saturated rings. The highest BCUT2D eigenvalue weighted by Gasteiger charge is 2.52. The van der Waals surface area contributed by atoms with E-state index in [9.17, 15) is 23.6 Å². The van der Waals surface area contributed by atoms with E-state index in [0.717, 1.165) is 0 Å². The molecule has 1 saturated carbocycles. The third-order valence-electron chi connectivity index (χ3n) is 7.42. The topological polar surface area (TPSA) is 107 Å². The second-order valence-electron chi connectivity index (χ2n) is 10.2. The van der Waals surface area contributed by atoms with Crippen LogP contribution in [0.15, 0.2) is 59.5 Å². The van der Waals surface area contributed by atoms with Crippen molar-refractivity contribution in [2.24, 2.45) is 5.92 Å². The third kappa shape index (κ3) is 4.89. The van der Waals surface area contributed by atoms with E-state index in [-0.39, 0.29) is 39.9 Å². The summed E-state index contributed by atoms with van der Waals surface area (Å²) in [6, 6.07) is 12.4. The van der Waals surface area contributed by atoms with Gasteiger partial charge in [0.05, 0.1) is 16.1 Å². The molecule has 11 heteroatoms. The molecule has 1 aromatic heterocycles. The van der Waals surface area contributed by atoms with Gasteiger partial charge >= 0.3 is 5.97 Å². The van der Waals surface area contributed by atoms with E-state index in [2.05, 4.69) is 5.32 Å². The number of hydrogen-bond donors (Lipinski definition) is 1. The molecule has 0 saturated heterocycles. The maximum absolute atomic E-state index is 14.4. The number of hydrogen-bond acceptors (Lipinski definition) is 6. The first-order chi connectivity index (χ1) is 19.1. The quantitative estimate of drug-likeness (QED) is 0.437. The van der Waals surface area contributed by atoms with Gasteiger partial charge in [-0.05, 0) is 37.0 Å². The highest BCUT2D eigenvalue weighted by molar-refractivity contribution is 6.30. The number of benzene rings is 2. The first-order valence-corrected chi connectivity index (χ1v) is 13.1. The van der Waals surface area contributed by atoms with Crippen LogP contribution >= 0.6 is 11.6 Å². The molecule has 2 heterocycles. The maximum atomic E-state index is 14.4. The summed E-state index contributed by atoms with van der Waals surface area (Å²) in [6.07, 6.45) is 2.58. The fourth-order valence-corrected chi connectivity index (χ4v) is 5.76. The van der Waals surface area contributed by atoms with Gasteiger partial charge in [0, 0.05) is 45.6 Å². The molecule has 0 radical (unpaired) electrons. The molecule has 3 aromatic rings. The predicted octanol–water partition coefficient (Wildman–Crippen LogP) is 3.63. The summed E-state index contributed by atoms with van der Waals surface area (Å²) in [6.45, 7) is 0.611. The summed E-state index contributed by atoms with van der Waals surface area (Å²) in [5.41, 5.74) is -1.69. The zero-order valence-corrected chi connectivity index (χ0v) is 22.7. The van der Waals surface area contributed by atoms with Crippen LogP contribution in [0.4, 0.5) is 4.39 Å². The average molecular weight is 568 g/mol. The van der Waals surface area contributed by atoms with Crippen molar-refractivity contribution in [2.75, 3.05) is 27.3 Å². The SMILES string of the molecule is COC[C@H]1C[C@@]2(CN(C)C(=O)c3c(OC(=O)c4ccccc4)c(=O)c(C(=O)NCc4cccc(Cl)c4F)cn32)C1. The number of nitrogens with zero attached hydrogens (tertiary/aromatic N) is 2. The molecule has 2 amide bonds. The Labute approximate surface area is 234 Å². The van der Waals surface area contributed by atoms with Crippen LogP contribution < -0.4 is 15.5 Å². The number of nitrogens with one attached hydrogen (secondary N) is 1. The third-order valence-corrected chi connectivity index (χ3v) is 7.71. The Hall–Kier alpha value is -4.02. The van der Waals surface area contributed by atoms with Crippen molar-refractivity contribution in [3.05, 3.63) is 98.2 Å². The molecular weight excluding hydrogens is 541 g/mol. The van der Waals surface area contributed by atoms with E-state index in [1.54, 1.807) is 43.0 Å². The Morgan fingerprint density at radius 2 is 1.85 bits per heavy atom. The molecule has 1 spiro atoms. The van der Waals surface area contributed by atoms with Crippen molar-refractivity contribution in [3.63, 3.8) is 0 Å². The maximum Gasteiger partial charge on any atom is 0.343 e. The largest absolute Gasteiger partial charge is 0.416 e. The van der Waals surface area contributed by atoms with Crippen molar-refractivity contribution in [3.8, 4) is 5.75 Å². The van der Waals surface area contributed by atoms with Crippen molar-refractivity contribution < 1.29 is 28.2 Å². The van der Waals surface area contributed by atoms with E-state index >= 15 is 0 Å². The molecule has 2 aromatic carbocycles. The van der Waals surface area contributed by atoms with Gasteiger partial charge in [0.25, 0.3) is 11.8 Å². The van der Waals surface area contributed by atoms with Gasteiger partial charge in [0.2, 0.25) is 11.2 Å². The van der Waals surface area contributed by atoms with Crippen molar-refractivity contribution in [2.45, 2.75) is 24.9 Å². The minimum absolute atomic E-state index is 0.101. The molecule has 1 N–H and O–H groups in total. The highest BCUT2D eigenvalue weighted by atomic mass is 35.5. The summed E-state index contributed by atoms with van der Waals surface area (Å²) in [5.74, 6) is -3.18. The van der Waals surface area contributed by atoms with Crippen LogP contribution in [0, 0.1) is 11.7 Å². The van der Waals surface area contributed by atoms with Gasteiger partial charge in [0.15, 0.2) is 5.69 Å². The number of rotatable bonds is 7. The van der Waals surface area contributed by atoms with Crippen molar-refractivity contribution in [1.29, 1.82) is 0 Å². The van der Waals surface area contributed by atoms with E-state index < -0.39 is 40.3 Å². The zero-order chi connectivity index (χ0) is 28.6. The van der Waals surface area contributed by atoms with Crippen LogP contribution in [-0.4, -0.2) is 54.6 Å². The molecule has 0 bridgehead atoms. The Morgan fingerprint density at radius 1 is 1.12 bits per heavy atom. The molecule has 0 unspecified atom stereocenters. The van der Waals surface area contributed by atoms with Gasteiger partial charge in [-0.1, -0.05) is 41.9 Å². The normalized spacial score (nSPS) is 19.6. The fraction of sp³-hybridized carbons (Fsp3) is 0.310. The first kappa shape index (κ1) is 27.5. The molecule has 2 aliphatic rings. The Kier molecular flexibility index (Phi) is 7.48. The number of ether oxygens (including phenoxy) is 2. The van der Waals surface area contributed by atoms with E-state index in [0.29, 0.717) is 26.0 Å². The Morgan fingerprint density at radius 3 is 2.55 bits per heavy atom. The summed E-state index contributed by atoms with van der Waals surface area (Å²) < 4.78 is 26.9. The van der Waals surface area contributed by atoms with Gasteiger partial charge in [-0.3, -0.25) is 14.4 Å². The summed E-state index contributed by atoms with van der Waals surface area (Å²) in [4.78, 5) is 54.9. The number of esters is 1. The van der Waals surface area contributed by atoms with Crippen molar-refractivity contribution >= 4 is 29.4 Å². The van der Waals surface area contributed by atoms with Crippen LogP contribution in [-0.2, 0) is 16.8 Å². The van der Waals surface area contributed by atoms with E-state index in [1.807, 2.05) is 0 Å². The van der Waals surface area contributed by atoms with Gasteiger partial charge in [0.1, 0.15) is 11.4 Å².